The van der Waals surface area contributed by atoms with E-state index in [0.717, 1.165) is 0 Å². The minimum Gasteiger partial charge on any atom is -0.352 e. The predicted molar refractivity (Wildman–Crippen MR) is 93.9 cm³/mol. The minimum absolute atomic E-state index is 0.304. The van der Waals surface area contributed by atoms with Gasteiger partial charge in [0, 0.05) is 24.2 Å². The summed E-state index contributed by atoms with van der Waals surface area (Å²) in [4.78, 5) is 26.7. The van der Waals surface area contributed by atoms with Crippen molar-refractivity contribution in [1.82, 2.24) is 10.2 Å². The molecule has 1 aliphatic rings. The Morgan fingerprint density at radius 2 is 1.85 bits per heavy atom. The molecule has 0 aliphatic carbocycles. The third kappa shape index (κ3) is 3.64. The van der Waals surface area contributed by atoms with E-state index in [9.17, 15) is 18.4 Å². The zero-order valence-electron chi connectivity index (χ0n) is 14.2. The maximum atomic E-state index is 13.8. The predicted octanol–water partition coefficient (Wildman–Crippen LogP) is 3.07. The van der Waals surface area contributed by atoms with Crippen LogP contribution in [-0.4, -0.2) is 29.8 Å². The summed E-state index contributed by atoms with van der Waals surface area (Å²) >= 11 is 0. The van der Waals surface area contributed by atoms with Gasteiger partial charge in [0.05, 0.1) is 0 Å². The first-order chi connectivity index (χ1) is 12.5. The van der Waals surface area contributed by atoms with Gasteiger partial charge in [0.1, 0.15) is 17.7 Å². The molecule has 0 radical (unpaired) electrons. The second kappa shape index (κ2) is 7.47. The molecule has 3 rings (SSSR count). The monoisotopic (exact) mass is 356 g/mol. The summed E-state index contributed by atoms with van der Waals surface area (Å²) in [5, 5.41) is 2.72. The summed E-state index contributed by atoms with van der Waals surface area (Å²) in [6.07, 6.45) is 1.46. The fourth-order valence-electron chi connectivity index (χ4n) is 2.98. The van der Waals surface area contributed by atoms with Crippen LogP contribution < -0.4 is 5.32 Å². The number of halogens is 2. The second-order valence-corrected chi connectivity index (χ2v) is 6.09. The molecule has 1 unspecified atom stereocenters. The summed E-state index contributed by atoms with van der Waals surface area (Å²) in [5.41, 5.74) is 1.14. The first kappa shape index (κ1) is 17.8. The highest BCUT2D eigenvalue weighted by atomic mass is 19.1. The van der Waals surface area contributed by atoms with Crippen LogP contribution >= 0.6 is 0 Å². The minimum atomic E-state index is -0.846. The molecule has 0 bridgehead atoms. The van der Waals surface area contributed by atoms with Gasteiger partial charge in [-0.2, -0.15) is 0 Å². The Morgan fingerprint density at radius 3 is 2.54 bits per heavy atom. The smallest absolute Gasteiger partial charge is 0.250 e. The van der Waals surface area contributed by atoms with Gasteiger partial charge in [0.2, 0.25) is 5.91 Å². The zero-order chi connectivity index (χ0) is 18.7. The molecule has 0 aromatic heterocycles. The Labute approximate surface area is 150 Å². The number of rotatable bonds is 3. The van der Waals surface area contributed by atoms with Gasteiger partial charge in [0.15, 0.2) is 0 Å². The lowest BCUT2D eigenvalue weighted by Gasteiger charge is -2.35. The van der Waals surface area contributed by atoms with Crippen molar-refractivity contribution in [3.05, 3.63) is 76.9 Å². The Hall–Kier alpha value is -3.02. The number of nitrogens with one attached hydrogen (secondary N) is 1. The summed E-state index contributed by atoms with van der Waals surface area (Å²) in [7, 11) is 0. The number of benzene rings is 2. The van der Waals surface area contributed by atoms with Crippen molar-refractivity contribution in [2.45, 2.75) is 13.0 Å². The van der Waals surface area contributed by atoms with Gasteiger partial charge in [-0.1, -0.05) is 30.3 Å². The fourth-order valence-corrected chi connectivity index (χ4v) is 2.98. The van der Waals surface area contributed by atoms with Crippen LogP contribution in [0, 0.1) is 11.6 Å². The van der Waals surface area contributed by atoms with Gasteiger partial charge in [-0.05, 0) is 36.8 Å². The Bertz CT molecular complexity index is 862. The van der Waals surface area contributed by atoms with Crippen molar-refractivity contribution >= 4 is 17.9 Å². The van der Waals surface area contributed by atoms with Gasteiger partial charge in [-0.15, -0.1) is 0 Å². The Morgan fingerprint density at radius 1 is 1.15 bits per heavy atom. The van der Waals surface area contributed by atoms with Crippen molar-refractivity contribution in [2.75, 3.05) is 13.1 Å². The zero-order valence-corrected chi connectivity index (χ0v) is 14.2. The van der Waals surface area contributed by atoms with Crippen molar-refractivity contribution in [3.8, 4) is 0 Å². The highest BCUT2D eigenvalue weighted by Gasteiger charge is 2.34. The molecular formula is C20H18F2N2O2. The molecule has 2 amide bonds. The summed E-state index contributed by atoms with van der Waals surface area (Å²) in [5.74, 6) is -1.53. The number of hydrogen-bond donors (Lipinski definition) is 1. The highest BCUT2D eigenvalue weighted by molar-refractivity contribution is 6.00. The maximum absolute atomic E-state index is 13.8. The maximum Gasteiger partial charge on any atom is 0.250 e. The van der Waals surface area contributed by atoms with Crippen LogP contribution in [0.5, 0.6) is 0 Å². The quantitative estimate of drug-likeness (QED) is 0.860. The third-order valence-electron chi connectivity index (χ3n) is 4.27. The molecule has 2 aromatic carbocycles. The molecule has 1 atom stereocenters. The Kier molecular flexibility index (Phi) is 5.11. The summed E-state index contributed by atoms with van der Waals surface area (Å²) in [6.45, 7) is 2.23. The molecule has 1 fully saturated rings. The van der Waals surface area contributed by atoms with E-state index in [1.807, 2.05) is 0 Å². The normalized spacial score (nSPS) is 17.8. The van der Waals surface area contributed by atoms with Crippen molar-refractivity contribution in [3.63, 3.8) is 0 Å². The average molecular weight is 356 g/mol. The van der Waals surface area contributed by atoms with Crippen LogP contribution in [0.15, 0.2) is 54.1 Å². The van der Waals surface area contributed by atoms with E-state index in [0.29, 0.717) is 29.8 Å². The first-order valence-electron chi connectivity index (χ1n) is 8.24. The van der Waals surface area contributed by atoms with Crippen LogP contribution in [0.1, 0.15) is 24.1 Å². The van der Waals surface area contributed by atoms with Crippen LogP contribution in [0.2, 0.25) is 0 Å². The fraction of sp³-hybridized carbons (Fsp3) is 0.200. The largest absolute Gasteiger partial charge is 0.352 e. The van der Waals surface area contributed by atoms with E-state index in [1.54, 1.807) is 25.1 Å². The standard InChI is InChI=1S/C20H18F2N2O2/c1-13(12-15-4-2-3-5-17(15)22)20(26)24-11-10-23-19(25)18(24)14-6-8-16(21)9-7-14/h2-9,12,18H,10-11H2,1H3,(H,23,25)/b13-12+. The molecule has 26 heavy (non-hydrogen) atoms. The molecule has 0 saturated carbocycles. The highest BCUT2D eigenvalue weighted by Crippen LogP contribution is 2.26. The molecule has 134 valence electrons. The third-order valence-corrected chi connectivity index (χ3v) is 4.27. The molecule has 6 heteroatoms. The van der Waals surface area contributed by atoms with E-state index >= 15 is 0 Å². The lowest BCUT2D eigenvalue weighted by Crippen LogP contribution is -2.52. The van der Waals surface area contributed by atoms with E-state index in [2.05, 4.69) is 5.32 Å². The lowest BCUT2D eigenvalue weighted by atomic mass is 10.0. The number of piperazine rings is 1. The van der Waals surface area contributed by atoms with Gasteiger partial charge in [0.25, 0.3) is 5.91 Å². The summed E-state index contributed by atoms with van der Waals surface area (Å²) in [6, 6.07) is 10.8. The number of carbonyl (C=O) groups excluding carboxylic acids is 2. The van der Waals surface area contributed by atoms with Crippen molar-refractivity contribution in [1.29, 1.82) is 0 Å². The lowest BCUT2D eigenvalue weighted by molar-refractivity contribution is -0.140. The topological polar surface area (TPSA) is 49.4 Å². The number of amides is 2. The molecule has 0 spiro atoms. The van der Waals surface area contributed by atoms with E-state index < -0.39 is 17.7 Å². The first-order valence-corrected chi connectivity index (χ1v) is 8.24. The van der Waals surface area contributed by atoms with Crippen LogP contribution in [0.4, 0.5) is 8.78 Å². The van der Waals surface area contributed by atoms with E-state index in [4.69, 9.17) is 0 Å². The second-order valence-electron chi connectivity index (χ2n) is 6.09. The van der Waals surface area contributed by atoms with Gasteiger partial charge in [-0.3, -0.25) is 9.59 Å². The number of carbonyl (C=O) groups is 2. The Balaban J connectivity index is 1.91. The molecule has 4 nitrogen and oxygen atoms in total. The van der Waals surface area contributed by atoms with Gasteiger partial charge < -0.3 is 10.2 Å². The average Bonchev–Trinajstić information content (AvgIpc) is 2.63. The summed E-state index contributed by atoms with van der Waals surface area (Å²) < 4.78 is 27.0. The van der Waals surface area contributed by atoms with Crippen molar-refractivity contribution in [2.24, 2.45) is 0 Å². The molecule has 2 aromatic rings. The van der Waals surface area contributed by atoms with E-state index in [1.165, 1.54) is 41.3 Å². The molecule has 1 saturated heterocycles. The van der Waals surface area contributed by atoms with Crippen LogP contribution in [0.25, 0.3) is 6.08 Å². The number of hydrogen-bond acceptors (Lipinski definition) is 2. The SMILES string of the molecule is C/C(=C\c1ccccc1F)C(=O)N1CCNC(=O)C1c1ccc(F)cc1. The van der Waals surface area contributed by atoms with Gasteiger partial charge in [-0.25, -0.2) is 8.78 Å². The van der Waals surface area contributed by atoms with Gasteiger partial charge >= 0.3 is 0 Å². The molecule has 1 aliphatic heterocycles. The van der Waals surface area contributed by atoms with Crippen LogP contribution in [0.3, 0.4) is 0 Å². The van der Waals surface area contributed by atoms with Crippen molar-refractivity contribution < 1.29 is 18.4 Å². The van der Waals surface area contributed by atoms with E-state index in [-0.39, 0.29) is 11.8 Å². The van der Waals surface area contributed by atoms with Crippen LogP contribution in [-0.2, 0) is 9.59 Å². The molecule has 1 N–H and O–H groups in total. The molecular weight excluding hydrogens is 338 g/mol. The number of nitrogens with zero attached hydrogens (tertiary/aromatic N) is 1. The molecule has 1 heterocycles.